The van der Waals surface area contributed by atoms with Gasteiger partial charge in [0.15, 0.2) is 0 Å². The summed E-state index contributed by atoms with van der Waals surface area (Å²) >= 11 is 0. The maximum Gasteiger partial charge on any atom is 0.407 e. The minimum atomic E-state index is -0.489. The first-order chi connectivity index (χ1) is 9.87. The zero-order valence-electron chi connectivity index (χ0n) is 13.6. The lowest BCUT2D eigenvalue weighted by atomic mass is 10.0. The lowest BCUT2D eigenvalue weighted by molar-refractivity contribution is -0.144. The summed E-state index contributed by atoms with van der Waals surface area (Å²) in [7, 11) is 0. The first-order valence-corrected chi connectivity index (χ1v) is 7.99. The Morgan fingerprint density at radius 3 is 2.48 bits per heavy atom. The van der Waals surface area contributed by atoms with Gasteiger partial charge in [-0.05, 0) is 39.5 Å². The third-order valence-corrected chi connectivity index (χ3v) is 3.48. The van der Waals surface area contributed by atoms with Gasteiger partial charge in [-0.2, -0.15) is 0 Å². The van der Waals surface area contributed by atoms with Gasteiger partial charge in [-0.1, -0.05) is 25.7 Å². The first-order valence-electron chi connectivity index (χ1n) is 7.99. The molecule has 21 heavy (non-hydrogen) atoms. The Bertz CT molecular complexity index is 330. The maximum absolute atomic E-state index is 11.6. The van der Waals surface area contributed by atoms with Gasteiger partial charge in [0.05, 0.1) is 6.61 Å². The van der Waals surface area contributed by atoms with Crippen LogP contribution in [0.15, 0.2) is 0 Å². The molecule has 0 aromatic carbocycles. The zero-order chi connectivity index (χ0) is 15.7. The van der Waals surface area contributed by atoms with E-state index in [2.05, 4.69) is 5.32 Å². The van der Waals surface area contributed by atoms with Crippen molar-refractivity contribution in [1.29, 1.82) is 0 Å². The van der Waals surface area contributed by atoms with Crippen molar-refractivity contribution in [3.63, 3.8) is 0 Å². The van der Waals surface area contributed by atoms with Crippen LogP contribution in [-0.4, -0.2) is 30.8 Å². The van der Waals surface area contributed by atoms with E-state index in [0.717, 1.165) is 6.42 Å². The summed E-state index contributed by atoms with van der Waals surface area (Å²) in [5.74, 6) is 0.588. The molecule has 0 radical (unpaired) electrons. The van der Waals surface area contributed by atoms with Crippen LogP contribution in [0.5, 0.6) is 0 Å². The second-order valence-electron chi connectivity index (χ2n) is 6.69. The van der Waals surface area contributed by atoms with Crippen LogP contribution >= 0.6 is 0 Å². The number of nitrogens with one attached hydrogen (secondary N) is 1. The van der Waals surface area contributed by atoms with E-state index >= 15 is 0 Å². The van der Waals surface area contributed by atoms with Crippen LogP contribution in [0, 0.1) is 5.92 Å². The Hall–Kier alpha value is -1.26. The van der Waals surface area contributed by atoms with Gasteiger partial charge in [0.2, 0.25) is 0 Å². The number of carbonyl (C=O) groups excluding carboxylic acids is 2. The Morgan fingerprint density at radius 1 is 1.19 bits per heavy atom. The topological polar surface area (TPSA) is 64.6 Å². The number of ether oxygens (including phenoxy) is 2. The van der Waals surface area contributed by atoms with Crippen molar-refractivity contribution in [2.75, 3.05) is 13.2 Å². The van der Waals surface area contributed by atoms with Gasteiger partial charge < -0.3 is 14.8 Å². The maximum atomic E-state index is 11.6. The van der Waals surface area contributed by atoms with E-state index in [1.54, 1.807) is 0 Å². The number of carbonyl (C=O) groups is 2. The predicted octanol–water partition coefficient (Wildman–Crippen LogP) is 3.41. The van der Waals surface area contributed by atoms with Crippen LogP contribution in [0.3, 0.4) is 0 Å². The van der Waals surface area contributed by atoms with E-state index in [9.17, 15) is 9.59 Å². The molecule has 5 heteroatoms. The fraction of sp³-hybridized carbons (Fsp3) is 0.875. The molecule has 0 aromatic rings. The lowest BCUT2D eigenvalue weighted by Gasteiger charge is -2.19. The van der Waals surface area contributed by atoms with Crippen LogP contribution in [0.1, 0.15) is 65.7 Å². The van der Waals surface area contributed by atoms with Gasteiger partial charge in [-0.3, -0.25) is 4.79 Å². The molecule has 0 bridgehead atoms. The van der Waals surface area contributed by atoms with Crippen LogP contribution in [-0.2, 0) is 14.3 Å². The van der Waals surface area contributed by atoms with Gasteiger partial charge in [-0.15, -0.1) is 0 Å². The Kier molecular flexibility index (Phi) is 7.54. The van der Waals surface area contributed by atoms with Crippen molar-refractivity contribution in [2.24, 2.45) is 5.92 Å². The van der Waals surface area contributed by atoms with Crippen molar-refractivity contribution in [2.45, 2.75) is 71.3 Å². The standard InChI is InChI=1S/C16H29NO4/c1-16(2,3)21-15(19)17-11-6-12-20-14(18)10-9-13-7-4-5-8-13/h13H,4-12H2,1-3H3,(H,17,19). The molecule has 0 heterocycles. The molecule has 1 aliphatic carbocycles. The summed E-state index contributed by atoms with van der Waals surface area (Å²) < 4.78 is 10.3. The Balaban J connectivity index is 1.95. The minimum Gasteiger partial charge on any atom is -0.466 e. The molecule has 1 N–H and O–H groups in total. The van der Waals surface area contributed by atoms with Crippen molar-refractivity contribution in [3.05, 3.63) is 0 Å². The second-order valence-corrected chi connectivity index (χ2v) is 6.69. The summed E-state index contributed by atoms with van der Waals surface area (Å²) in [5.41, 5.74) is -0.489. The summed E-state index contributed by atoms with van der Waals surface area (Å²) in [6.07, 6.45) is 6.76. The van der Waals surface area contributed by atoms with Gasteiger partial charge in [0, 0.05) is 13.0 Å². The van der Waals surface area contributed by atoms with Crippen molar-refractivity contribution < 1.29 is 19.1 Å². The molecule has 1 rings (SSSR count). The van der Waals surface area contributed by atoms with Gasteiger partial charge in [-0.25, -0.2) is 4.79 Å². The summed E-state index contributed by atoms with van der Waals surface area (Å²) in [6.45, 7) is 6.25. The van der Waals surface area contributed by atoms with Gasteiger partial charge >= 0.3 is 12.1 Å². The fourth-order valence-corrected chi connectivity index (χ4v) is 2.46. The van der Waals surface area contributed by atoms with E-state index < -0.39 is 11.7 Å². The molecule has 1 aliphatic rings. The highest BCUT2D eigenvalue weighted by molar-refractivity contribution is 5.69. The Labute approximate surface area is 127 Å². The molecule has 0 aromatic heterocycles. The highest BCUT2D eigenvalue weighted by Crippen LogP contribution is 2.28. The molecule has 0 atom stereocenters. The smallest absolute Gasteiger partial charge is 0.407 e. The van der Waals surface area contributed by atoms with Gasteiger partial charge in [0.1, 0.15) is 5.60 Å². The van der Waals surface area contributed by atoms with Crippen molar-refractivity contribution in [1.82, 2.24) is 5.32 Å². The molecule has 0 aliphatic heterocycles. The third kappa shape index (κ3) is 9.32. The predicted molar refractivity (Wildman–Crippen MR) is 81.0 cm³/mol. The van der Waals surface area contributed by atoms with Crippen LogP contribution in [0.2, 0.25) is 0 Å². The first kappa shape index (κ1) is 17.8. The number of alkyl carbamates (subject to hydrolysis) is 1. The molecule has 1 fully saturated rings. The summed E-state index contributed by atoms with van der Waals surface area (Å²) in [4.78, 5) is 22.9. The lowest BCUT2D eigenvalue weighted by Crippen LogP contribution is -2.33. The highest BCUT2D eigenvalue weighted by Gasteiger charge is 2.17. The molecule has 1 amide bonds. The average Bonchev–Trinajstić information content (AvgIpc) is 2.86. The minimum absolute atomic E-state index is 0.126. The Morgan fingerprint density at radius 2 is 1.86 bits per heavy atom. The van der Waals surface area contributed by atoms with Crippen molar-refractivity contribution in [3.8, 4) is 0 Å². The average molecular weight is 299 g/mol. The number of rotatable bonds is 7. The molecule has 1 saturated carbocycles. The SMILES string of the molecule is CC(C)(C)OC(=O)NCCCOC(=O)CCC1CCCC1. The number of amides is 1. The fourth-order valence-electron chi connectivity index (χ4n) is 2.46. The summed E-state index contributed by atoms with van der Waals surface area (Å²) in [5, 5.41) is 2.64. The van der Waals surface area contributed by atoms with E-state index in [0.29, 0.717) is 31.9 Å². The van der Waals surface area contributed by atoms with E-state index in [-0.39, 0.29) is 5.97 Å². The highest BCUT2D eigenvalue weighted by atomic mass is 16.6. The quantitative estimate of drug-likeness (QED) is 0.578. The number of hydrogen-bond acceptors (Lipinski definition) is 4. The normalized spacial score (nSPS) is 15.8. The monoisotopic (exact) mass is 299 g/mol. The van der Waals surface area contributed by atoms with Crippen LogP contribution in [0.4, 0.5) is 4.79 Å². The second kappa shape index (κ2) is 8.90. The van der Waals surface area contributed by atoms with E-state index in [4.69, 9.17) is 9.47 Å². The number of hydrogen-bond donors (Lipinski definition) is 1. The van der Waals surface area contributed by atoms with Crippen molar-refractivity contribution >= 4 is 12.1 Å². The van der Waals surface area contributed by atoms with E-state index in [1.807, 2.05) is 20.8 Å². The molecule has 122 valence electrons. The van der Waals surface area contributed by atoms with Crippen LogP contribution < -0.4 is 5.32 Å². The van der Waals surface area contributed by atoms with Crippen LogP contribution in [0.25, 0.3) is 0 Å². The number of esters is 1. The largest absolute Gasteiger partial charge is 0.466 e. The zero-order valence-corrected chi connectivity index (χ0v) is 13.6. The molecular weight excluding hydrogens is 270 g/mol. The molecule has 5 nitrogen and oxygen atoms in total. The molecular formula is C16H29NO4. The van der Waals surface area contributed by atoms with Gasteiger partial charge in [0.25, 0.3) is 0 Å². The molecule has 0 spiro atoms. The molecule has 0 saturated heterocycles. The summed E-state index contributed by atoms with van der Waals surface area (Å²) in [6, 6.07) is 0. The van der Waals surface area contributed by atoms with E-state index in [1.165, 1.54) is 25.7 Å². The third-order valence-electron chi connectivity index (χ3n) is 3.48. The molecule has 0 unspecified atom stereocenters.